The van der Waals surface area contributed by atoms with Crippen LogP contribution in [0, 0.1) is 0 Å². The Morgan fingerprint density at radius 2 is 1.94 bits per heavy atom. The molecule has 2 amide bonds. The van der Waals surface area contributed by atoms with E-state index >= 15 is 0 Å². The summed E-state index contributed by atoms with van der Waals surface area (Å²) in [5.41, 5.74) is 1.24. The molecule has 2 aliphatic heterocycles. The van der Waals surface area contributed by atoms with Crippen LogP contribution in [0.15, 0.2) is 48.5 Å². The van der Waals surface area contributed by atoms with Crippen LogP contribution < -0.4 is 24.4 Å². The smallest absolute Gasteiger partial charge is 0.331 e. The van der Waals surface area contributed by atoms with Crippen molar-refractivity contribution in [2.45, 2.75) is 6.10 Å². The van der Waals surface area contributed by atoms with Gasteiger partial charge in [-0.15, -0.1) is 0 Å². The fourth-order valence-corrected chi connectivity index (χ4v) is 3.21. The first kappa shape index (κ1) is 20.3. The molecule has 0 spiro atoms. The first-order valence-corrected chi connectivity index (χ1v) is 9.57. The van der Waals surface area contributed by atoms with Crippen LogP contribution in [0.2, 0.25) is 0 Å². The molecule has 2 aromatic rings. The Bertz CT molecular complexity index is 1050. The summed E-state index contributed by atoms with van der Waals surface area (Å²) in [6, 6.07) is 12.1. The molecule has 9 heteroatoms. The number of carbonyl (C=O) groups is 3. The van der Waals surface area contributed by atoms with Crippen molar-refractivity contribution in [2.24, 2.45) is 0 Å². The second-order valence-electron chi connectivity index (χ2n) is 6.75. The molecular weight excluding hydrogens is 404 g/mol. The largest absolute Gasteiger partial charge is 0.477 e. The van der Waals surface area contributed by atoms with Crippen LogP contribution in [-0.2, 0) is 19.1 Å². The molecule has 2 heterocycles. The average molecular weight is 424 g/mol. The van der Waals surface area contributed by atoms with Gasteiger partial charge in [0.25, 0.3) is 11.8 Å². The van der Waals surface area contributed by atoms with Crippen LogP contribution in [0.1, 0.15) is 5.56 Å². The van der Waals surface area contributed by atoms with Gasteiger partial charge in [0.05, 0.1) is 12.2 Å². The van der Waals surface area contributed by atoms with Gasteiger partial charge < -0.3 is 29.2 Å². The van der Waals surface area contributed by atoms with Gasteiger partial charge in [0.1, 0.15) is 5.75 Å². The maximum Gasteiger partial charge on any atom is 0.331 e. The first-order chi connectivity index (χ1) is 15.0. The number of amides is 2. The zero-order valence-electron chi connectivity index (χ0n) is 16.7. The molecule has 0 aliphatic carbocycles. The number of carbonyl (C=O) groups excluding carboxylic acids is 3. The van der Waals surface area contributed by atoms with Crippen LogP contribution in [-0.4, -0.2) is 50.9 Å². The third-order valence-electron chi connectivity index (χ3n) is 4.76. The highest BCUT2D eigenvalue weighted by Crippen LogP contribution is 2.34. The van der Waals surface area contributed by atoms with E-state index in [9.17, 15) is 14.4 Å². The standard InChI is InChI=1S/C22H20N2O7/c1-23-22(27)19-11-24(15-4-2-3-5-16(15)31-19)20(25)12-28-21(26)9-7-14-6-8-17-18(10-14)30-13-29-17/h2-10,19H,11-13H2,1H3,(H,23,27)/b9-7+. The number of fused-ring (bicyclic) bond motifs is 2. The van der Waals surface area contributed by atoms with Gasteiger partial charge >= 0.3 is 5.97 Å². The minimum atomic E-state index is -0.856. The third-order valence-corrected chi connectivity index (χ3v) is 4.76. The summed E-state index contributed by atoms with van der Waals surface area (Å²) in [7, 11) is 1.49. The number of nitrogens with zero attached hydrogens (tertiary/aromatic N) is 1. The summed E-state index contributed by atoms with van der Waals surface area (Å²) < 4.78 is 21.3. The molecule has 2 aromatic carbocycles. The number of hydrogen-bond acceptors (Lipinski definition) is 7. The van der Waals surface area contributed by atoms with Crippen molar-refractivity contribution in [3.63, 3.8) is 0 Å². The Labute approximate surface area is 178 Å². The molecule has 0 bridgehead atoms. The van der Waals surface area contributed by atoms with Crippen LogP contribution in [0.3, 0.4) is 0 Å². The summed E-state index contributed by atoms with van der Waals surface area (Å²) in [6.07, 6.45) is 1.93. The van der Waals surface area contributed by atoms with Crippen molar-refractivity contribution in [1.29, 1.82) is 0 Å². The number of benzene rings is 2. The summed E-state index contributed by atoms with van der Waals surface area (Å²) in [5.74, 6) is 0.166. The molecular formula is C22H20N2O7. The molecule has 0 radical (unpaired) electrons. The van der Waals surface area contributed by atoms with E-state index in [0.29, 0.717) is 22.9 Å². The SMILES string of the molecule is CNC(=O)C1CN(C(=O)COC(=O)/C=C/c2ccc3c(c2)OCO3)c2ccccc2O1. The van der Waals surface area contributed by atoms with E-state index in [4.69, 9.17) is 18.9 Å². The molecule has 0 aromatic heterocycles. The molecule has 1 unspecified atom stereocenters. The number of esters is 1. The summed E-state index contributed by atoms with van der Waals surface area (Å²) in [4.78, 5) is 38.2. The topological polar surface area (TPSA) is 103 Å². The van der Waals surface area contributed by atoms with Crippen LogP contribution >= 0.6 is 0 Å². The van der Waals surface area contributed by atoms with Crippen molar-refractivity contribution in [3.05, 3.63) is 54.1 Å². The van der Waals surface area contributed by atoms with Gasteiger partial charge in [0, 0.05) is 13.1 Å². The van der Waals surface area contributed by atoms with Crippen molar-refractivity contribution in [2.75, 3.05) is 31.9 Å². The average Bonchev–Trinajstić information content (AvgIpc) is 3.27. The van der Waals surface area contributed by atoms with Crippen LogP contribution in [0.4, 0.5) is 5.69 Å². The number of hydrogen-bond donors (Lipinski definition) is 1. The molecule has 0 saturated heterocycles. The molecule has 31 heavy (non-hydrogen) atoms. The predicted molar refractivity (Wildman–Crippen MR) is 110 cm³/mol. The van der Waals surface area contributed by atoms with E-state index in [-0.39, 0.29) is 19.2 Å². The van der Waals surface area contributed by atoms with Crippen LogP contribution in [0.5, 0.6) is 17.2 Å². The highest BCUT2D eigenvalue weighted by Gasteiger charge is 2.33. The summed E-state index contributed by atoms with van der Waals surface area (Å²) in [5, 5.41) is 2.51. The van der Waals surface area contributed by atoms with Gasteiger partial charge in [-0.05, 0) is 35.9 Å². The van der Waals surface area contributed by atoms with Crippen molar-refractivity contribution in [1.82, 2.24) is 5.32 Å². The van der Waals surface area contributed by atoms with E-state index in [0.717, 1.165) is 5.56 Å². The minimum Gasteiger partial charge on any atom is -0.477 e. The van der Waals surface area contributed by atoms with Gasteiger partial charge in [0.15, 0.2) is 24.2 Å². The Balaban J connectivity index is 1.38. The number of anilines is 1. The second kappa shape index (κ2) is 8.78. The molecule has 0 saturated carbocycles. The second-order valence-corrected chi connectivity index (χ2v) is 6.75. The summed E-state index contributed by atoms with van der Waals surface area (Å²) >= 11 is 0. The van der Waals surface area contributed by atoms with Crippen molar-refractivity contribution < 1.29 is 33.3 Å². The van der Waals surface area contributed by atoms with E-state index < -0.39 is 24.6 Å². The van der Waals surface area contributed by atoms with E-state index in [1.807, 2.05) is 0 Å². The highest BCUT2D eigenvalue weighted by atomic mass is 16.7. The normalized spacial score (nSPS) is 16.4. The lowest BCUT2D eigenvalue weighted by molar-refractivity contribution is -0.143. The lowest BCUT2D eigenvalue weighted by atomic mass is 10.1. The number of ether oxygens (including phenoxy) is 4. The predicted octanol–water partition coefficient (Wildman–Crippen LogP) is 1.51. The van der Waals surface area contributed by atoms with Gasteiger partial charge in [0.2, 0.25) is 6.79 Å². The molecule has 160 valence electrons. The van der Waals surface area contributed by atoms with Crippen molar-refractivity contribution >= 4 is 29.5 Å². The first-order valence-electron chi connectivity index (χ1n) is 9.57. The number of nitrogens with one attached hydrogen (secondary N) is 1. The Hall–Kier alpha value is -4.01. The van der Waals surface area contributed by atoms with Gasteiger partial charge in [-0.1, -0.05) is 18.2 Å². The zero-order chi connectivity index (χ0) is 21.8. The minimum absolute atomic E-state index is 0.0140. The van der Waals surface area contributed by atoms with E-state index in [2.05, 4.69) is 5.32 Å². The zero-order valence-corrected chi connectivity index (χ0v) is 16.7. The maximum atomic E-state index is 12.7. The molecule has 9 nitrogen and oxygen atoms in total. The Morgan fingerprint density at radius 3 is 2.77 bits per heavy atom. The number of rotatable bonds is 5. The van der Waals surface area contributed by atoms with Crippen molar-refractivity contribution in [3.8, 4) is 17.2 Å². The lowest BCUT2D eigenvalue weighted by Crippen LogP contribution is -2.51. The quantitative estimate of drug-likeness (QED) is 0.573. The summed E-state index contributed by atoms with van der Waals surface area (Å²) in [6.45, 7) is -0.294. The Morgan fingerprint density at radius 1 is 1.13 bits per heavy atom. The fourth-order valence-electron chi connectivity index (χ4n) is 3.21. The lowest BCUT2D eigenvalue weighted by Gasteiger charge is -2.33. The van der Waals surface area contributed by atoms with E-state index in [1.54, 1.807) is 48.5 Å². The van der Waals surface area contributed by atoms with Gasteiger partial charge in [-0.25, -0.2) is 4.79 Å². The molecule has 4 rings (SSSR count). The number of para-hydroxylation sites is 2. The van der Waals surface area contributed by atoms with Gasteiger partial charge in [-0.3, -0.25) is 9.59 Å². The Kier molecular flexibility index (Phi) is 5.74. The van der Waals surface area contributed by atoms with E-state index in [1.165, 1.54) is 18.0 Å². The fraction of sp³-hybridized carbons (Fsp3) is 0.227. The monoisotopic (exact) mass is 424 g/mol. The molecule has 0 fully saturated rings. The number of likely N-dealkylation sites (N-methyl/N-ethyl adjacent to an activating group) is 1. The molecule has 1 N–H and O–H groups in total. The molecule has 1 atom stereocenters. The highest BCUT2D eigenvalue weighted by molar-refractivity contribution is 5.99. The molecule has 2 aliphatic rings. The van der Waals surface area contributed by atoms with Crippen LogP contribution in [0.25, 0.3) is 6.08 Å². The maximum absolute atomic E-state index is 12.7. The van der Waals surface area contributed by atoms with Gasteiger partial charge in [-0.2, -0.15) is 0 Å². The third kappa shape index (κ3) is 4.45.